The van der Waals surface area contributed by atoms with Gasteiger partial charge in [-0.15, -0.1) is 0 Å². The molecule has 5 heteroatoms. The molecule has 0 atom stereocenters. The van der Waals surface area contributed by atoms with E-state index in [4.69, 9.17) is 0 Å². The van der Waals surface area contributed by atoms with Gasteiger partial charge in [-0.1, -0.05) is 42.5 Å². The predicted octanol–water partition coefficient (Wildman–Crippen LogP) is 2.78. The number of aromatic nitrogens is 4. The predicted molar refractivity (Wildman–Crippen MR) is 89.8 cm³/mol. The third-order valence-corrected chi connectivity index (χ3v) is 4.15. The molecule has 0 unspecified atom stereocenters. The van der Waals surface area contributed by atoms with Crippen LogP contribution in [0.25, 0.3) is 16.6 Å². The first kappa shape index (κ1) is 13.7. The lowest BCUT2D eigenvalue weighted by Crippen LogP contribution is -2.22. The Hall–Kier alpha value is -2.95. The minimum Gasteiger partial charge on any atom is -0.275 e. The summed E-state index contributed by atoms with van der Waals surface area (Å²) in [5, 5.41) is 5.29. The number of H-pyrrole nitrogens is 1. The summed E-state index contributed by atoms with van der Waals surface area (Å²) < 4.78 is 1.42. The van der Waals surface area contributed by atoms with Gasteiger partial charge >= 0.3 is 0 Å². The van der Waals surface area contributed by atoms with Crippen LogP contribution in [0.4, 0.5) is 0 Å². The summed E-state index contributed by atoms with van der Waals surface area (Å²) in [6.45, 7) is 3.68. The average Bonchev–Trinajstić information content (AvgIpc) is 2.92. The van der Waals surface area contributed by atoms with Gasteiger partial charge < -0.3 is 0 Å². The first-order valence-electron chi connectivity index (χ1n) is 7.55. The Kier molecular flexibility index (Phi) is 3.01. The lowest BCUT2D eigenvalue weighted by Gasteiger charge is -2.08. The highest BCUT2D eigenvalue weighted by Crippen LogP contribution is 2.21. The standard InChI is InChI=1S/C18H16N4O/c1-11-16(17(23)22-18(19-11)20-12(2)21-22)10-14-8-5-7-13-6-3-4-9-15(13)14/h3-9H,10H2,1-2H3,(H,19,20,21). The summed E-state index contributed by atoms with van der Waals surface area (Å²) in [7, 11) is 0. The third kappa shape index (κ3) is 2.21. The van der Waals surface area contributed by atoms with E-state index in [2.05, 4.69) is 39.3 Å². The van der Waals surface area contributed by atoms with Crippen molar-refractivity contribution in [3.8, 4) is 0 Å². The molecule has 0 radical (unpaired) electrons. The Morgan fingerprint density at radius 3 is 2.70 bits per heavy atom. The fraction of sp³-hybridized carbons (Fsp3) is 0.167. The number of rotatable bonds is 2. The second-order valence-corrected chi connectivity index (χ2v) is 5.74. The van der Waals surface area contributed by atoms with E-state index in [-0.39, 0.29) is 5.56 Å². The largest absolute Gasteiger partial charge is 0.277 e. The fourth-order valence-electron chi connectivity index (χ4n) is 3.00. The van der Waals surface area contributed by atoms with E-state index in [1.165, 1.54) is 15.3 Å². The van der Waals surface area contributed by atoms with Crippen molar-refractivity contribution in [2.45, 2.75) is 20.3 Å². The molecule has 5 nitrogen and oxygen atoms in total. The molecule has 2 aromatic carbocycles. The van der Waals surface area contributed by atoms with E-state index >= 15 is 0 Å². The van der Waals surface area contributed by atoms with Crippen LogP contribution in [0.3, 0.4) is 0 Å². The minimum atomic E-state index is -0.0824. The van der Waals surface area contributed by atoms with Gasteiger partial charge in [0.2, 0.25) is 0 Å². The van der Waals surface area contributed by atoms with Crippen molar-refractivity contribution in [3.63, 3.8) is 0 Å². The topological polar surface area (TPSA) is 63.1 Å². The number of aryl methyl sites for hydroxylation is 2. The molecule has 4 rings (SSSR count). The summed E-state index contributed by atoms with van der Waals surface area (Å²) in [6.07, 6.45) is 0.556. The van der Waals surface area contributed by atoms with Gasteiger partial charge in [0.25, 0.3) is 11.3 Å². The maximum Gasteiger partial charge on any atom is 0.277 e. The van der Waals surface area contributed by atoms with Gasteiger partial charge in [0.1, 0.15) is 5.82 Å². The zero-order valence-electron chi connectivity index (χ0n) is 13.0. The summed E-state index contributed by atoms with van der Waals surface area (Å²) >= 11 is 0. The molecule has 0 spiro atoms. The maximum absolute atomic E-state index is 12.8. The zero-order valence-corrected chi connectivity index (χ0v) is 13.0. The minimum absolute atomic E-state index is 0.0824. The quantitative estimate of drug-likeness (QED) is 0.619. The zero-order chi connectivity index (χ0) is 16.0. The van der Waals surface area contributed by atoms with Gasteiger partial charge in [-0.05, 0) is 30.2 Å². The van der Waals surface area contributed by atoms with E-state index in [0.717, 1.165) is 11.3 Å². The number of hydrogen-bond acceptors (Lipinski definition) is 3. The van der Waals surface area contributed by atoms with Crippen LogP contribution in [0, 0.1) is 13.8 Å². The molecule has 2 aromatic heterocycles. The molecular formula is C18H16N4O. The Morgan fingerprint density at radius 1 is 1.04 bits per heavy atom. The highest BCUT2D eigenvalue weighted by Gasteiger charge is 2.13. The van der Waals surface area contributed by atoms with Crippen LogP contribution in [-0.4, -0.2) is 19.6 Å². The number of benzene rings is 2. The van der Waals surface area contributed by atoms with E-state index < -0.39 is 0 Å². The third-order valence-electron chi connectivity index (χ3n) is 4.15. The van der Waals surface area contributed by atoms with E-state index in [1.807, 2.05) is 32.0 Å². The van der Waals surface area contributed by atoms with Crippen LogP contribution in [-0.2, 0) is 6.42 Å². The van der Waals surface area contributed by atoms with Gasteiger partial charge in [-0.25, -0.2) is 4.98 Å². The number of aromatic amines is 1. The lowest BCUT2D eigenvalue weighted by molar-refractivity contribution is 0.848. The summed E-state index contributed by atoms with van der Waals surface area (Å²) in [5.41, 5.74) is 2.47. The van der Waals surface area contributed by atoms with Gasteiger partial charge in [-0.2, -0.15) is 9.50 Å². The highest BCUT2D eigenvalue weighted by atomic mass is 16.1. The summed E-state index contributed by atoms with van der Waals surface area (Å²) in [5.74, 6) is 1.10. The molecule has 0 aliphatic carbocycles. The maximum atomic E-state index is 12.8. The van der Waals surface area contributed by atoms with Gasteiger partial charge in [0.05, 0.1) is 5.69 Å². The fourth-order valence-corrected chi connectivity index (χ4v) is 3.00. The van der Waals surface area contributed by atoms with Crippen LogP contribution in [0.5, 0.6) is 0 Å². The van der Waals surface area contributed by atoms with Gasteiger partial charge in [0, 0.05) is 12.0 Å². The van der Waals surface area contributed by atoms with E-state index in [1.54, 1.807) is 0 Å². The molecule has 4 aromatic rings. The molecule has 0 fully saturated rings. The molecule has 0 saturated heterocycles. The monoisotopic (exact) mass is 304 g/mol. The molecule has 1 N–H and O–H groups in total. The summed E-state index contributed by atoms with van der Waals surface area (Å²) in [4.78, 5) is 21.4. The van der Waals surface area contributed by atoms with Crippen LogP contribution in [0.15, 0.2) is 47.3 Å². The Morgan fingerprint density at radius 2 is 1.83 bits per heavy atom. The summed E-state index contributed by atoms with van der Waals surface area (Å²) in [6, 6.07) is 14.4. The molecular weight excluding hydrogens is 288 g/mol. The van der Waals surface area contributed by atoms with Crippen LogP contribution in [0.2, 0.25) is 0 Å². The number of nitrogens with one attached hydrogen (secondary N) is 1. The molecule has 114 valence electrons. The normalized spacial score (nSPS) is 11.4. The van der Waals surface area contributed by atoms with Gasteiger partial charge in [0.15, 0.2) is 0 Å². The Bertz CT molecular complexity index is 1090. The Labute approximate surface area is 132 Å². The van der Waals surface area contributed by atoms with E-state index in [0.29, 0.717) is 23.6 Å². The van der Waals surface area contributed by atoms with Crippen LogP contribution >= 0.6 is 0 Å². The number of hydrogen-bond donors (Lipinski definition) is 1. The smallest absolute Gasteiger partial charge is 0.275 e. The molecule has 0 bridgehead atoms. The van der Waals surface area contributed by atoms with Crippen molar-refractivity contribution in [1.82, 2.24) is 19.6 Å². The highest BCUT2D eigenvalue weighted by molar-refractivity contribution is 5.85. The lowest BCUT2D eigenvalue weighted by atomic mass is 9.98. The van der Waals surface area contributed by atoms with E-state index in [9.17, 15) is 4.79 Å². The second kappa shape index (κ2) is 5.05. The molecule has 0 aliphatic rings. The Balaban J connectivity index is 1.91. The van der Waals surface area contributed by atoms with Crippen molar-refractivity contribution in [3.05, 3.63) is 75.5 Å². The van der Waals surface area contributed by atoms with Crippen molar-refractivity contribution in [2.75, 3.05) is 0 Å². The molecule has 0 amide bonds. The molecule has 0 aliphatic heterocycles. The first-order chi connectivity index (χ1) is 11.1. The molecule has 0 saturated carbocycles. The van der Waals surface area contributed by atoms with Crippen LogP contribution in [0.1, 0.15) is 22.6 Å². The number of nitrogens with zero attached hydrogens (tertiary/aromatic N) is 3. The molecule has 2 heterocycles. The van der Waals surface area contributed by atoms with Crippen molar-refractivity contribution in [2.24, 2.45) is 0 Å². The van der Waals surface area contributed by atoms with Crippen molar-refractivity contribution >= 4 is 16.6 Å². The van der Waals surface area contributed by atoms with Crippen molar-refractivity contribution in [1.29, 1.82) is 0 Å². The second-order valence-electron chi connectivity index (χ2n) is 5.74. The van der Waals surface area contributed by atoms with Crippen molar-refractivity contribution < 1.29 is 0 Å². The number of fused-ring (bicyclic) bond motifs is 2. The SMILES string of the molecule is Cc1nc2nc(C)c(Cc3cccc4ccccc34)c(=O)n2[nH]1. The molecule has 23 heavy (non-hydrogen) atoms. The van der Waals surface area contributed by atoms with Crippen LogP contribution < -0.4 is 5.56 Å². The first-order valence-corrected chi connectivity index (χ1v) is 7.55. The average molecular weight is 304 g/mol. The van der Waals surface area contributed by atoms with Gasteiger partial charge in [-0.3, -0.25) is 9.89 Å².